The first-order chi connectivity index (χ1) is 9.75. The van der Waals surface area contributed by atoms with Crippen molar-refractivity contribution < 1.29 is 19.1 Å². The van der Waals surface area contributed by atoms with E-state index in [4.69, 9.17) is 9.47 Å². The predicted octanol–water partition coefficient (Wildman–Crippen LogP) is 3.56. The lowest BCUT2D eigenvalue weighted by molar-refractivity contribution is -0.118. The second-order valence-corrected chi connectivity index (χ2v) is 5.72. The molecule has 0 radical (unpaired) electrons. The number of carbonyl (C=O) groups is 2. The molecule has 5 nitrogen and oxygen atoms in total. The summed E-state index contributed by atoms with van der Waals surface area (Å²) in [6, 6.07) is 5.19. The van der Waals surface area contributed by atoms with Crippen LogP contribution in [0.25, 0.3) is 0 Å². The highest BCUT2D eigenvalue weighted by Gasteiger charge is 2.18. The summed E-state index contributed by atoms with van der Waals surface area (Å²) in [4.78, 5) is 23.5. The highest BCUT2D eigenvalue weighted by molar-refractivity contribution is 5.89. The molecule has 21 heavy (non-hydrogen) atoms. The van der Waals surface area contributed by atoms with Gasteiger partial charge in [0.1, 0.15) is 17.1 Å². The Morgan fingerprint density at radius 1 is 1.24 bits per heavy atom. The van der Waals surface area contributed by atoms with Crippen molar-refractivity contribution in [1.82, 2.24) is 0 Å². The summed E-state index contributed by atoms with van der Waals surface area (Å²) >= 11 is 0. The number of ether oxygens (including phenoxy) is 2. The molecule has 0 saturated carbocycles. The van der Waals surface area contributed by atoms with E-state index in [2.05, 4.69) is 5.32 Å². The summed E-state index contributed by atoms with van der Waals surface area (Å²) in [5, 5.41) is 2.68. The molecule has 116 valence electrons. The molecule has 0 aliphatic rings. The third-order valence-corrected chi connectivity index (χ3v) is 2.73. The first-order valence-corrected chi connectivity index (χ1v) is 6.93. The maximum Gasteiger partial charge on any atom is 0.412 e. The van der Waals surface area contributed by atoms with E-state index in [0.717, 1.165) is 0 Å². The summed E-state index contributed by atoms with van der Waals surface area (Å²) in [5.74, 6) is 0.735. The number of Topliss-reactive ketones (excluding diaryl/α,β-unsaturated/α-hetero) is 1. The van der Waals surface area contributed by atoms with Gasteiger partial charge in [-0.3, -0.25) is 10.1 Å². The Balaban J connectivity index is 2.94. The molecule has 1 N–H and O–H groups in total. The zero-order chi connectivity index (χ0) is 16.0. The normalized spacial score (nSPS) is 10.9. The van der Waals surface area contributed by atoms with E-state index in [1.807, 2.05) is 6.92 Å². The van der Waals surface area contributed by atoms with Gasteiger partial charge in [-0.1, -0.05) is 6.92 Å². The number of carbonyl (C=O) groups excluding carboxylic acids is 2. The van der Waals surface area contributed by atoms with Gasteiger partial charge < -0.3 is 9.47 Å². The molecule has 0 unspecified atom stereocenters. The van der Waals surface area contributed by atoms with Crippen LogP contribution in [0.4, 0.5) is 10.5 Å². The lowest BCUT2D eigenvalue weighted by Crippen LogP contribution is -2.27. The van der Waals surface area contributed by atoms with Crippen molar-refractivity contribution in [2.24, 2.45) is 0 Å². The van der Waals surface area contributed by atoms with Gasteiger partial charge in [-0.2, -0.15) is 0 Å². The number of methoxy groups -OCH3 is 1. The van der Waals surface area contributed by atoms with E-state index in [0.29, 0.717) is 23.4 Å². The number of amides is 1. The predicted molar refractivity (Wildman–Crippen MR) is 81.9 cm³/mol. The quantitative estimate of drug-likeness (QED) is 0.901. The Morgan fingerprint density at radius 3 is 2.43 bits per heavy atom. The van der Waals surface area contributed by atoms with E-state index in [1.165, 1.54) is 0 Å². The highest BCUT2D eigenvalue weighted by atomic mass is 16.6. The van der Waals surface area contributed by atoms with Crippen molar-refractivity contribution >= 4 is 17.6 Å². The molecule has 0 spiro atoms. The van der Waals surface area contributed by atoms with Gasteiger partial charge in [0.15, 0.2) is 0 Å². The van der Waals surface area contributed by atoms with Gasteiger partial charge in [0.05, 0.1) is 7.11 Å². The summed E-state index contributed by atoms with van der Waals surface area (Å²) in [5.41, 5.74) is 0.703. The molecule has 1 aromatic carbocycles. The SMILES string of the molecule is CCC(=O)Cc1cc(OC)ccc1NC(=O)OC(C)(C)C. The van der Waals surface area contributed by atoms with Crippen molar-refractivity contribution in [3.8, 4) is 5.75 Å². The Hall–Kier alpha value is -2.04. The first-order valence-electron chi connectivity index (χ1n) is 6.93. The molecule has 1 aromatic rings. The van der Waals surface area contributed by atoms with Gasteiger partial charge >= 0.3 is 6.09 Å². The smallest absolute Gasteiger partial charge is 0.412 e. The van der Waals surface area contributed by atoms with Gasteiger partial charge in [0.2, 0.25) is 0 Å². The monoisotopic (exact) mass is 293 g/mol. The van der Waals surface area contributed by atoms with Crippen LogP contribution in [0, 0.1) is 0 Å². The molecule has 0 heterocycles. The number of nitrogens with one attached hydrogen (secondary N) is 1. The number of hydrogen-bond acceptors (Lipinski definition) is 4. The van der Waals surface area contributed by atoms with Gasteiger partial charge in [0, 0.05) is 18.5 Å². The van der Waals surface area contributed by atoms with Gasteiger partial charge in [-0.05, 0) is 44.5 Å². The summed E-state index contributed by atoms with van der Waals surface area (Å²) in [6.07, 6.45) is 0.153. The van der Waals surface area contributed by atoms with Crippen molar-refractivity contribution in [2.45, 2.75) is 46.1 Å². The van der Waals surface area contributed by atoms with Crippen LogP contribution in [0.15, 0.2) is 18.2 Å². The maximum absolute atomic E-state index is 11.8. The molecule has 1 amide bonds. The molecule has 0 saturated heterocycles. The average molecular weight is 293 g/mol. The van der Waals surface area contributed by atoms with Crippen LogP contribution in [0.2, 0.25) is 0 Å². The topological polar surface area (TPSA) is 64.6 Å². The minimum atomic E-state index is -0.573. The standard InChI is InChI=1S/C16H23NO4/c1-6-12(18)9-11-10-13(20-5)7-8-14(11)17-15(19)21-16(2,3)4/h7-8,10H,6,9H2,1-5H3,(H,17,19). The fraction of sp³-hybridized carbons (Fsp3) is 0.500. The number of anilines is 1. The molecule has 1 rings (SSSR count). The summed E-state index contributed by atoms with van der Waals surface area (Å²) in [6.45, 7) is 7.19. The zero-order valence-corrected chi connectivity index (χ0v) is 13.3. The van der Waals surface area contributed by atoms with E-state index in [-0.39, 0.29) is 12.2 Å². The number of benzene rings is 1. The van der Waals surface area contributed by atoms with Crippen LogP contribution in [0.1, 0.15) is 39.7 Å². The minimum absolute atomic E-state index is 0.0930. The fourth-order valence-electron chi connectivity index (χ4n) is 1.72. The molecule has 0 atom stereocenters. The van der Waals surface area contributed by atoms with Crippen LogP contribution in [-0.2, 0) is 16.0 Å². The lowest BCUT2D eigenvalue weighted by atomic mass is 10.0. The number of ketones is 1. The minimum Gasteiger partial charge on any atom is -0.497 e. The summed E-state index contributed by atoms with van der Waals surface area (Å²) in [7, 11) is 1.56. The first kappa shape index (κ1) is 17.0. The Bertz CT molecular complexity index is 517. The second-order valence-electron chi connectivity index (χ2n) is 5.72. The summed E-state index contributed by atoms with van der Waals surface area (Å²) < 4.78 is 10.4. The Morgan fingerprint density at radius 2 is 1.90 bits per heavy atom. The maximum atomic E-state index is 11.8. The van der Waals surface area contributed by atoms with Gasteiger partial charge in [-0.25, -0.2) is 4.79 Å². The Labute approximate surface area is 125 Å². The van der Waals surface area contributed by atoms with Crippen molar-refractivity contribution in [3.05, 3.63) is 23.8 Å². The van der Waals surface area contributed by atoms with Crippen molar-refractivity contribution in [2.75, 3.05) is 12.4 Å². The molecule has 5 heteroatoms. The molecule has 0 fully saturated rings. The van der Waals surface area contributed by atoms with Crippen molar-refractivity contribution in [3.63, 3.8) is 0 Å². The highest BCUT2D eigenvalue weighted by Crippen LogP contribution is 2.24. The van der Waals surface area contributed by atoms with Crippen LogP contribution in [0.5, 0.6) is 5.75 Å². The second kappa shape index (κ2) is 7.11. The van der Waals surface area contributed by atoms with Gasteiger partial charge in [0.25, 0.3) is 0 Å². The molecule has 0 aromatic heterocycles. The van der Waals surface area contributed by atoms with Crippen LogP contribution >= 0.6 is 0 Å². The Kier molecular flexibility index (Phi) is 5.76. The van der Waals surface area contributed by atoms with E-state index < -0.39 is 11.7 Å². The van der Waals surface area contributed by atoms with Gasteiger partial charge in [-0.15, -0.1) is 0 Å². The number of hydrogen-bond donors (Lipinski definition) is 1. The van der Waals surface area contributed by atoms with E-state index in [1.54, 1.807) is 46.1 Å². The van der Waals surface area contributed by atoms with Crippen LogP contribution in [-0.4, -0.2) is 24.6 Å². The molecular formula is C16H23NO4. The number of rotatable bonds is 5. The zero-order valence-electron chi connectivity index (χ0n) is 13.3. The average Bonchev–Trinajstić information content (AvgIpc) is 2.38. The lowest BCUT2D eigenvalue weighted by Gasteiger charge is -2.20. The fourth-order valence-corrected chi connectivity index (χ4v) is 1.72. The molecule has 0 aliphatic carbocycles. The van der Waals surface area contributed by atoms with E-state index >= 15 is 0 Å². The molecule has 0 aliphatic heterocycles. The van der Waals surface area contributed by atoms with E-state index in [9.17, 15) is 9.59 Å². The van der Waals surface area contributed by atoms with Crippen LogP contribution < -0.4 is 10.1 Å². The molecule has 0 bridgehead atoms. The molecular weight excluding hydrogens is 270 g/mol. The third kappa shape index (κ3) is 5.85. The van der Waals surface area contributed by atoms with Crippen LogP contribution in [0.3, 0.4) is 0 Å². The third-order valence-electron chi connectivity index (χ3n) is 2.73. The largest absolute Gasteiger partial charge is 0.497 e. The van der Waals surface area contributed by atoms with Crippen molar-refractivity contribution in [1.29, 1.82) is 0 Å².